The summed E-state index contributed by atoms with van der Waals surface area (Å²) in [5, 5.41) is 12.4. The van der Waals surface area contributed by atoms with Crippen molar-refractivity contribution in [2.75, 3.05) is 16.8 Å². The number of amides is 2. The van der Waals surface area contributed by atoms with Crippen LogP contribution in [0.1, 0.15) is 34.9 Å². The first-order valence-electron chi connectivity index (χ1n) is 9.63. The van der Waals surface area contributed by atoms with Crippen molar-refractivity contribution in [2.45, 2.75) is 32.1 Å². The fraction of sp³-hybridized carbons (Fsp3) is 0.273. The number of carbonyl (C=O) groups excluding carboxylic acids is 2. The lowest BCUT2D eigenvalue weighted by Crippen LogP contribution is -2.24. The Labute approximate surface area is 173 Å². The first kappa shape index (κ1) is 19.3. The van der Waals surface area contributed by atoms with Gasteiger partial charge in [0.2, 0.25) is 16.9 Å². The van der Waals surface area contributed by atoms with Gasteiger partial charge in [0.15, 0.2) is 0 Å². The predicted molar refractivity (Wildman–Crippen MR) is 114 cm³/mol. The van der Waals surface area contributed by atoms with Gasteiger partial charge in [-0.05, 0) is 31.0 Å². The normalized spacial score (nSPS) is 16.2. The first-order valence-corrected chi connectivity index (χ1v) is 10.4. The molecule has 148 valence electrons. The zero-order chi connectivity index (χ0) is 20.2. The van der Waals surface area contributed by atoms with E-state index in [2.05, 4.69) is 15.5 Å². The van der Waals surface area contributed by atoms with E-state index in [4.69, 9.17) is 0 Å². The van der Waals surface area contributed by atoms with Gasteiger partial charge in [0.1, 0.15) is 5.01 Å². The summed E-state index contributed by atoms with van der Waals surface area (Å²) >= 11 is 1.35. The maximum absolute atomic E-state index is 12.5. The van der Waals surface area contributed by atoms with Crippen LogP contribution in [-0.2, 0) is 16.0 Å². The highest BCUT2D eigenvalue weighted by Crippen LogP contribution is 2.34. The van der Waals surface area contributed by atoms with Crippen LogP contribution in [0.2, 0.25) is 0 Å². The van der Waals surface area contributed by atoms with Gasteiger partial charge in [-0.2, -0.15) is 0 Å². The molecule has 0 aliphatic carbocycles. The molecule has 7 heteroatoms. The maximum atomic E-state index is 12.5. The zero-order valence-electron chi connectivity index (χ0n) is 16.2. The van der Waals surface area contributed by atoms with Crippen molar-refractivity contribution in [1.82, 2.24) is 10.2 Å². The van der Waals surface area contributed by atoms with Crippen LogP contribution in [0, 0.1) is 6.92 Å². The molecule has 4 rings (SSSR count). The Morgan fingerprint density at radius 1 is 1.14 bits per heavy atom. The van der Waals surface area contributed by atoms with Crippen LogP contribution in [0.5, 0.6) is 0 Å². The van der Waals surface area contributed by atoms with Gasteiger partial charge in [0, 0.05) is 31.0 Å². The molecule has 0 saturated carbocycles. The van der Waals surface area contributed by atoms with Crippen molar-refractivity contribution in [3.8, 4) is 0 Å². The van der Waals surface area contributed by atoms with Crippen molar-refractivity contribution in [3.63, 3.8) is 0 Å². The highest BCUT2D eigenvalue weighted by molar-refractivity contribution is 7.15. The summed E-state index contributed by atoms with van der Waals surface area (Å²) in [4.78, 5) is 26.5. The lowest BCUT2D eigenvalue weighted by Gasteiger charge is -2.16. The van der Waals surface area contributed by atoms with Gasteiger partial charge < -0.3 is 10.2 Å². The molecule has 1 fully saturated rings. The minimum atomic E-state index is -0.0830. The van der Waals surface area contributed by atoms with E-state index < -0.39 is 0 Å². The minimum absolute atomic E-state index is 0.00345. The molecular formula is C22H22N4O2S. The summed E-state index contributed by atoms with van der Waals surface area (Å²) in [6, 6.07) is 17.8. The Hall–Kier alpha value is -3.06. The van der Waals surface area contributed by atoms with Crippen LogP contribution in [0.25, 0.3) is 0 Å². The number of hydrogen-bond donors (Lipinski definition) is 1. The van der Waals surface area contributed by atoms with Crippen molar-refractivity contribution in [3.05, 3.63) is 70.7 Å². The molecule has 1 aliphatic heterocycles. The van der Waals surface area contributed by atoms with E-state index in [1.807, 2.05) is 61.5 Å². The van der Waals surface area contributed by atoms with Gasteiger partial charge in [0.25, 0.3) is 0 Å². The Morgan fingerprint density at radius 3 is 2.66 bits per heavy atom. The fourth-order valence-corrected chi connectivity index (χ4v) is 4.23. The van der Waals surface area contributed by atoms with E-state index in [1.54, 1.807) is 4.90 Å². The molecule has 1 N–H and O–H groups in total. The van der Waals surface area contributed by atoms with Gasteiger partial charge in [-0.1, -0.05) is 59.4 Å². The molecule has 1 saturated heterocycles. The van der Waals surface area contributed by atoms with Crippen molar-refractivity contribution >= 4 is 34.0 Å². The third-order valence-electron chi connectivity index (χ3n) is 4.99. The van der Waals surface area contributed by atoms with Gasteiger partial charge in [-0.3, -0.25) is 9.59 Å². The van der Waals surface area contributed by atoms with E-state index >= 15 is 0 Å². The Balaban J connectivity index is 1.34. The molecule has 2 amide bonds. The van der Waals surface area contributed by atoms with E-state index in [9.17, 15) is 9.59 Å². The van der Waals surface area contributed by atoms with Crippen LogP contribution in [0.4, 0.5) is 10.8 Å². The van der Waals surface area contributed by atoms with Crippen molar-refractivity contribution < 1.29 is 9.59 Å². The molecule has 0 bridgehead atoms. The van der Waals surface area contributed by atoms with E-state index in [1.165, 1.54) is 11.3 Å². The number of aryl methyl sites for hydroxylation is 2. The molecule has 2 heterocycles. The quantitative estimate of drug-likeness (QED) is 0.673. The Kier molecular flexibility index (Phi) is 5.67. The summed E-state index contributed by atoms with van der Waals surface area (Å²) in [7, 11) is 0. The summed E-state index contributed by atoms with van der Waals surface area (Å²) in [6.45, 7) is 2.60. The fourth-order valence-electron chi connectivity index (χ4n) is 3.38. The number of hydrogen-bond acceptors (Lipinski definition) is 5. The number of anilines is 2. The molecule has 3 aromatic rings. The lowest BCUT2D eigenvalue weighted by molar-refractivity contribution is -0.117. The average molecular weight is 407 g/mol. The third-order valence-corrected chi connectivity index (χ3v) is 5.99. The molecule has 1 aromatic heterocycles. The monoisotopic (exact) mass is 406 g/mol. The number of nitrogens with one attached hydrogen (secondary N) is 1. The molecule has 0 radical (unpaired) electrons. The Morgan fingerprint density at radius 2 is 1.90 bits per heavy atom. The maximum Gasteiger partial charge on any atom is 0.227 e. The van der Waals surface area contributed by atoms with Crippen LogP contribution in [0.3, 0.4) is 0 Å². The smallest absolute Gasteiger partial charge is 0.227 e. The number of benzene rings is 2. The highest BCUT2D eigenvalue weighted by Gasteiger charge is 2.33. The van der Waals surface area contributed by atoms with Gasteiger partial charge in [-0.25, -0.2) is 0 Å². The molecular weight excluding hydrogens is 384 g/mol. The standard InChI is InChI=1S/C22H22N4O2S/c1-15-7-10-18(11-8-15)26-14-17(13-20(26)28)21-24-25-22(29-21)23-19(27)12-9-16-5-3-2-4-6-16/h2-8,10-11,17H,9,12-14H2,1H3,(H,23,25,27)/t17-/m0/s1. The average Bonchev–Trinajstić information content (AvgIpc) is 3.34. The van der Waals surface area contributed by atoms with Gasteiger partial charge in [0.05, 0.1) is 0 Å². The minimum Gasteiger partial charge on any atom is -0.312 e. The van der Waals surface area contributed by atoms with Crippen LogP contribution in [0.15, 0.2) is 54.6 Å². The lowest BCUT2D eigenvalue weighted by atomic mass is 10.1. The largest absolute Gasteiger partial charge is 0.312 e. The predicted octanol–water partition coefficient (Wildman–Crippen LogP) is 3.94. The molecule has 0 unspecified atom stereocenters. The molecule has 0 spiro atoms. The molecule has 29 heavy (non-hydrogen) atoms. The number of nitrogens with zero attached hydrogens (tertiary/aromatic N) is 3. The molecule has 1 atom stereocenters. The second-order valence-corrected chi connectivity index (χ2v) is 8.23. The number of carbonyl (C=O) groups is 2. The molecule has 2 aromatic carbocycles. The van der Waals surface area contributed by atoms with E-state index in [0.717, 1.165) is 21.8 Å². The second-order valence-electron chi connectivity index (χ2n) is 7.22. The molecule has 1 aliphatic rings. The SMILES string of the molecule is Cc1ccc(N2C[C@@H](c3nnc(NC(=O)CCc4ccccc4)s3)CC2=O)cc1. The topological polar surface area (TPSA) is 75.2 Å². The second kappa shape index (κ2) is 8.53. The van der Waals surface area contributed by atoms with Crippen LogP contribution < -0.4 is 10.2 Å². The summed E-state index contributed by atoms with van der Waals surface area (Å²) in [6.07, 6.45) is 1.48. The zero-order valence-corrected chi connectivity index (χ0v) is 17.0. The Bertz CT molecular complexity index is 1000. The number of rotatable bonds is 6. The van der Waals surface area contributed by atoms with E-state index in [0.29, 0.717) is 30.9 Å². The van der Waals surface area contributed by atoms with Gasteiger partial charge in [-0.15, -0.1) is 10.2 Å². The summed E-state index contributed by atoms with van der Waals surface area (Å²) in [5.74, 6) is -0.000827. The van der Waals surface area contributed by atoms with Crippen molar-refractivity contribution in [1.29, 1.82) is 0 Å². The van der Waals surface area contributed by atoms with Crippen molar-refractivity contribution in [2.24, 2.45) is 0 Å². The van der Waals surface area contributed by atoms with E-state index in [-0.39, 0.29) is 17.7 Å². The number of aromatic nitrogens is 2. The molecule has 6 nitrogen and oxygen atoms in total. The first-order chi connectivity index (χ1) is 14.1. The van der Waals surface area contributed by atoms with Crippen LogP contribution in [-0.4, -0.2) is 28.6 Å². The summed E-state index contributed by atoms with van der Waals surface area (Å²) < 4.78 is 0. The third kappa shape index (κ3) is 4.68. The summed E-state index contributed by atoms with van der Waals surface area (Å²) in [5.41, 5.74) is 3.19. The van der Waals surface area contributed by atoms with Crippen LogP contribution >= 0.6 is 11.3 Å². The highest BCUT2D eigenvalue weighted by atomic mass is 32.1. The van der Waals surface area contributed by atoms with Gasteiger partial charge >= 0.3 is 0 Å².